The van der Waals surface area contributed by atoms with Crippen LogP contribution >= 0.6 is 0 Å². The fraction of sp³-hybridized carbons (Fsp3) is 0.345. The monoisotopic (exact) mass is 537 g/mol. The summed E-state index contributed by atoms with van der Waals surface area (Å²) >= 11 is 0. The molecule has 0 spiro atoms. The van der Waals surface area contributed by atoms with Gasteiger partial charge in [-0.1, -0.05) is 49.4 Å². The average molecular weight is 538 g/mol. The Hall–Kier alpha value is -3.40. The number of rotatable bonds is 5. The second kappa shape index (κ2) is 12.0. The minimum Gasteiger partial charge on any atom is -0.491 e. The number of carbonyl (C=O) groups excluding carboxylic acids is 1. The van der Waals surface area contributed by atoms with E-state index < -0.39 is 10.0 Å². The molecule has 202 valence electrons. The van der Waals surface area contributed by atoms with E-state index >= 15 is 0 Å². The molecule has 3 atom stereocenters. The van der Waals surface area contributed by atoms with E-state index in [0.29, 0.717) is 18.9 Å². The second-order valence-corrected chi connectivity index (χ2v) is 11.4. The molecular formula is C29H35N3O5S. The second-order valence-electron chi connectivity index (χ2n) is 9.76. The topological polar surface area (TPSA) is 97.0 Å². The molecule has 1 amide bonds. The lowest BCUT2D eigenvalue weighted by atomic mass is 10.0. The minimum atomic E-state index is -3.88. The number of amides is 1. The summed E-state index contributed by atoms with van der Waals surface area (Å²) in [6.07, 6.45) is -0.159. The molecule has 0 saturated carbocycles. The number of hydrogen-bond acceptors (Lipinski definition) is 6. The van der Waals surface area contributed by atoms with E-state index in [0.717, 1.165) is 17.7 Å². The first-order valence-corrected chi connectivity index (χ1v) is 14.1. The Balaban J connectivity index is 1.60. The highest BCUT2D eigenvalue weighted by Crippen LogP contribution is 2.28. The maximum atomic E-state index is 13.5. The van der Waals surface area contributed by atoms with Gasteiger partial charge in [-0.2, -0.15) is 0 Å². The lowest BCUT2D eigenvalue weighted by molar-refractivity contribution is 0.0281. The fourth-order valence-corrected chi connectivity index (χ4v) is 5.44. The number of fused-ring (bicyclic) bond motifs is 1. The summed E-state index contributed by atoms with van der Waals surface area (Å²) in [5.41, 5.74) is 2.47. The lowest BCUT2D eigenvalue weighted by Gasteiger charge is -2.30. The van der Waals surface area contributed by atoms with Crippen LogP contribution in [0, 0.1) is 5.92 Å². The van der Waals surface area contributed by atoms with Gasteiger partial charge in [0.25, 0.3) is 15.9 Å². The number of hydrogen-bond donors (Lipinski definition) is 2. The number of anilines is 1. The summed E-state index contributed by atoms with van der Waals surface area (Å²) in [5, 5.41) is 3.45. The highest BCUT2D eigenvalue weighted by Gasteiger charge is 2.26. The molecular weight excluding hydrogens is 502 g/mol. The first-order valence-electron chi connectivity index (χ1n) is 12.6. The highest BCUT2D eigenvalue weighted by atomic mass is 32.2. The molecule has 0 saturated heterocycles. The number of sulfonamides is 1. The zero-order chi connectivity index (χ0) is 27.3. The highest BCUT2D eigenvalue weighted by molar-refractivity contribution is 7.92. The number of ether oxygens (including phenoxy) is 2. The van der Waals surface area contributed by atoms with Gasteiger partial charge in [0.15, 0.2) is 0 Å². The van der Waals surface area contributed by atoms with Gasteiger partial charge in [-0.05, 0) is 54.3 Å². The van der Waals surface area contributed by atoms with Crippen LogP contribution in [0.4, 0.5) is 5.69 Å². The summed E-state index contributed by atoms with van der Waals surface area (Å²) in [5.74, 6) is 0.292. The SMILES string of the molecule is CO[C@H]1CN(C)C(=O)c2cc(NS(=O)(=O)c3ccc(-c4ccccc4)cc3)ccc2OC[C@@H](C)NC[C@@H]1C. The Morgan fingerprint density at radius 3 is 2.37 bits per heavy atom. The van der Waals surface area contributed by atoms with E-state index in [4.69, 9.17) is 9.47 Å². The zero-order valence-electron chi connectivity index (χ0n) is 22.2. The van der Waals surface area contributed by atoms with Gasteiger partial charge in [0.1, 0.15) is 12.4 Å². The Labute approximate surface area is 225 Å². The molecule has 4 rings (SSSR count). The molecule has 0 aromatic heterocycles. The predicted molar refractivity (Wildman–Crippen MR) is 149 cm³/mol. The Bertz CT molecular complexity index is 1350. The maximum Gasteiger partial charge on any atom is 0.261 e. The molecule has 3 aromatic rings. The van der Waals surface area contributed by atoms with E-state index in [1.165, 1.54) is 6.07 Å². The van der Waals surface area contributed by atoms with Crippen molar-refractivity contribution < 1.29 is 22.7 Å². The fourth-order valence-electron chi connectivity index (χ4n) is 4.40. The van der Waals surface area contributed by atoms with Crippen molar-refractivity contribution in [3.8, 4) is 16.9 Å². The van der Waals surface area contributed by atoms with Crippen LogP contribution in [0.15, 0.2) is 77.7 Å². The van der Waals surface area contributed by atoms with Crippen molar-refractivity contribution in [3.05, 3.63) is 78.4 Å². The van der Waals surface area contributed by atoms with Crippen LogP contribution < -0.4 is 14.8 Å². The maximum absolute atomic E-state index is 13.5. The average Bonchev–Trinajstić information content (AvgIpc) is 2.93. The third-order valence-corrected chi connectivity index (χ3v) is 8.15. The third-order valence-electron chi connectivity index (χ3n) is 6.75. The normalized spacial score (nSPS) is 21.0. The van der Waals surface area contributed by atoms with Gasteiger partial charge in [-0.15, -0.1) is 0 Å². The van der Waals surface area contributed by atoms with Gasteiger partial charge >= 0.3 is 0 Å². The molecule has 0 aliphatic carbocycles. The number of nitrogens with zero attached hydrogens (tertiary/aromatic N) is 1. The summed E-state index contributed by atoms with van der Waals surface area (Å²) in [4.78, 5) is 15.2. The van der Waals surface area contributed by atoms with E-state index in [1.807, 2.05) is 37.3 Å². The molecule has 9 heteroatoms. The van der Waals surface area contributed by atoms with Crippen LogP contribution in [0.3, 0.4) is 0 Å². The van der Waals surface area contributed by atoms with Gasteiger partial charge < -0.3 is 19.7 Å². The van der Waals surface area contributed by atoms with E-state index in [2.05, 4.69) is 17.0 Å². The van der Waals surface area contributed by atoms with Gasteiger partial charge in [-0.3, -0.25) is 9.52 Å². The Kier molecular flexibility index (Phi) is 8.71. The van der Waals surface area contributed by atoms with Gasteiger partial charge in [0, 0.05) is 39.0 Å². The molecule has 0 unspecified atom stereocenters. The number of carbonyl (C=O) groups is 1. The summed E-state index contributed by atoms with van der Waals surface area (Å²) in [6.45, 7) is 5.55. The van der Waals surface area contributed by atoms with Crippen molar-refractivity contribution >= 4 is 21.6 Å². The van der Waals surface area contributed by atoms with Crippen molar-refractivity contribution in [3.63, 3.8) is 0 Å². The summed E-state index contributed by atoms with van der Waals surface area (Å²) in [6, 6.07) is 21.2. The van der Waals surface area contributed by atoms with Crippen molar-refractivity contribution in [1.29, 1.82) is 0 Å². The smallest absolute Gasteiger partial charge is 0.261 e. The van der Waals surface area contributed by atoms with Crippen LogP contribution in [0.5, 0.6) is 5.75 Å². The van der Waals surface area contributed by atoms with Crippen LogP contribution in [-0.2, 0) is 14.8 Å². The van der Waals surface area contributed by atoms with Crippen molar-refractivity contribution in [2.75, 3.05) is 38.6 Å². The zero-order valence-corrected chi connectivity index (χ0v) is 23.0. The molecule has 1 heterocycles. The first kappa shape index (κ1) is 27.6. The van der Waals surface area contributed by atoms with Crippen LogP contribution in [0.1, 0.15) is 24.2 Å². The number of likely N-dealkylation sites (N-methyl/N-ethyl adjacent to an activating group) is 1. The molecule has 1 aliphatic heterocycles. The molecule has 0 fully saturated rings. The third kappa shape index (κ3) is 6.53. The lowest BCUT2D eigenvalue weighted by Crippen LogP contribution is -2.44. The van der Waals surface area contributed by atoms with Crippen LogP contribution in [-0.4, -0.2) is 65.2 Å². The molecule has 0 bridgehead atoms. The van der Waals surface area contributed by atoms with Crippen molar-refractivity contribution in [1.82, 2.24) is 10.2 Å². The number of benzene rings is 3. The number of methoxy groups -OCH3 is 1. The molecule has 8 nitrogen and oxygen atoms in total. The van der Waals surface area contributed by atoms with Crippen LogP contribution in [0.25, 0.3) is 11.1 Å². The quantitative estimate of drug-likeness (QED) is 0.505. The molecule has 0 radical (unpaired) electrons. The van der Waals surface area contributed by atoms with Crippen molar-refractivity contribution in [2.24, 2.45) is 5.92 Å². The predicted octanol–water partition coefficient (Wildman–Crippen LogP) is 4.25. The molecule has 2 N–H and O–H groups in total. The van der Waals surface area contributed by atoms with Crippen molar-refractivity contribution in [2.45, 2.75) is 30.9 Å². The van der Waals surface area contributed by atoms with Crippen LogP contribution in [0.2, 0.25) is 0 Å². The number of nitrogens with one attached hydrogen (secondary N) is 2. The largest absolute Gasteiger partial charge is 0.491 e. The molecule has 1 aliphatic rings. The van der Waals surface area contributed by atoms with Gasteiger partial charge in [0.05, 0.1) is 16.6 Å². The minimum absolute atomic E-state index is 0.0482. The standard InChI is InChI=1S/C29H35N3O5S/c1-20-17-30-21(2)19-37-27-15-12-24(16-26(27)29(33)32(3)18-28(20)36-4)31-38(34,35)25-13-10-23(11-14-25)22-8-6-5-7-9-22/h5-16,20-21,28,30-31H,17-19H2,1-4H3/t20-,21+,28-/m0/s1. The molecule has 38 heavy (non-hydrogen) atoms. The molecule has 3 aromatic carbocycles. The first-order chi connectivity index (χ1) is 18.2. The van der Waals surface area contributed by atoms with E-state index in [9.17, 15) is 13.2 Å². The Morgan fingerprint density at radius 1 is 1.00 bits per heavy atom. The van der Waals surface area contributed by atoms with E-state index in [-0.39, 0.29) is 40.1 Å². The summed E-state index contributed by atoms with van der Waals surface area (Å²) < 4.78 is 40.6. The van der Waals surface area contributed by atoms with Gasteiger partial charge in [0.2, 0.25) is 0 Å². The van der Waals surface area contributed by atoms with Gasteiger partial charge in [-0.25, -0.2) is 8.42 Å². The Morgan fingerprint density at radius 2 is 1.68 bits per heavy atom. The van der Waals surface area contributed by atoms with E-state index in [1.54, 1.807) is 55.5 Å². The summed E-state index contributed by atoms with van der Waals surface area (Å²) in [7, 11) is -0.534.